The average Bonchev–Trinajstić information content (AvgIpc) is 2.15. The molecular formula is C14H21NOS. The van der Waals surface area contributed by atoms with E-state index in [1.165, 1.54) is 4.90 Å². The molecule has 94 valence electrons. The number of nitrogens with one attached hydrogen (secondary N) is 1. The topological polar surface area (TPSA) is 29.1 Å². The third-order valence-corrected chi connectivity index (χ3v) is 3.12. The lowest BCUT2D eigenvalue weighted by atomic mass is 10.2. The van der Waals surface area contributed by atoms with Crippen LogP contribution >= 0.6 is 11.8 Å². The highest BCUT2D eigenvalue weighted by molar-refractivity contribution is 8.00. The molecule has 0 aliphatic heterocycles. The van der Waals surface area contributed by atoms with Gasteiger partial charge in [-0.05, 0) is 24.6 Å². The van der Waals surface area contributed by atoms with E-state index in [0.29, 0.717) is 6.42 Å². The molecule has 17 heavy (non-hydrogen) atoms. The van der Waals surface area contributed by atoms with E-state index < -0.39 is 0 Å². The maximum Gasteiger partial charge on any atom is 0.224 e. The summed E-state index contributed by atoms with van der Waals surface area (Å²) in [5, 5.41) is 2.92. The molecule has 0 atom stereocenters. The van der Waals surface area contributed by atoms with Crippen molar-refractivity contribution in [3.8, 4) is 0 Å². The summed E-state index contributed by atoms with van der Waals surface area (Å²) in [6, 6.07) is 8.02. The number of thioether (sulfide) groups is 1. The molecule has 1 aromatic carbocycles. The summed E-state index contributed by atoms with van der Waals surface area (Å²) < 4.78 is 0.187. The molecule has 2 nitrogen and oxygen atoms in total. The van der Waals surface area contributed by atoms with Crippen LogP contribution in [0.25, 0.3) is 0 Å². The first-order chi connectivity index (χ1) is 7.90. The number of carbonyl (C=O) groups is 1. The van der Waals surface area contributed by atoms with Gasteiger partial charge in [-0.25, -0.2) is 0 Å². The Morgan fingerprint density at radius 3 is 2.65 bits per heavy atom. The van der Waals surface area contributed by atoms with Gasteiger partial charge in [0.25, 0.3) is 0 Å². The van der Waals surface area contributed by atoms with Crippen LogP contribution in [0.15, 0.2) is 29.2 Å². The minimum atomic E-state index is 0.0883. The fourth-order valence-corrected chi connectivity index (χ4v) is 2.48. The summed E-state index contributed by atoms with van der Waals surface area (Å²) in [5.74, 6) is 0.0883. The molecule has 0 heterocycles. The van der Waals surface area contributed by atoms with Crippen LogP contribution in [0.1, 0.15) is 40.5 Å². The molecule has 1 rings (SSSR count). The molecule has 1 amide bonds. The molecule has 0 radical (unpaired) electrons. The minimum Gasteiger partial charge on any atom is -0.326 e. The first-order valence-electron chi connectivity index (χ1n) is 5.99. The quantitative estimate of drug-likeness (QED) is 0.808. The Morgan fingerprint density at radius 1 is 1.35 bits per heavy atom. The van der Waals surface area contributed by atoms with E-state index in [2.05, 4.69) is 32.2 Å². The van der Waals surface area contributed by atoms with E-state index in [9.17, 15) is 4.79 Å². The molecule has 0 saturated heterocycles. The molecule has 0 unspecified atom stereocenters. The summed E-state index contributed by atoms with van der Waals surface area (Å²) in [6.45, 7) is 8.55. The molecule has 0 aromatic heterocycles. The lowest BCUT2D eigenvalue weighted by Crippen LogP contribution is -2.11. The molecule has 1 N–H and O–H groups in total. The Balaban J connectivity index is 2.69. The zero-order valence-corrected chi connectivity index (χ0v) is 11.9. The highest BCUT2D eigenvalue weighted by atomic mass is 32.2. The van der Waals surface area contributed by atoms with Crippen LogP contribution in [0.3, 0.4) is 0 Å². The third-order valence-electron chi connectivity index (χ3n) is 2.02. The first kappa shape index (κ1) is 14.1. The van der Waals surface area contributed by atoms with E-state index in [1.54, 1.807) is 11.8 Å². The molecule has 1 aromatic rings. The van der Waals surface area contributed by atoms with Crippen molar-refractivity contribution in [1.82, 2.24) is 0 Å². The zero-order valence-electron chi connectivity index (χ0n) is 11.0. The van der Waals surface area contributed by atoms with Crippen molar-refractivity contribution in [2.75, 3.05) is 5.32 Å². The predicted octanol–water partition coefficient (Wildman–Crippen LogP) is 4.32. The van der Waals surface area contributed by atoms with Crippen LogP contribution in [0, 0.1) is 0 Å². The monoisotopic (exact) mass is 251 g/mol. The Hall–Kier alpha value is -0.960. The highest BCUT2D eigenvalue weighted by Gasteiger charge is 2.12. The van der Waals surface area contributed by atoms with E-state index in [0.717, 1.165) is 12.1 Å². The van der Waals surface area contributed by atoms with E-state index in [1.807, 2.05) is 25.1 Å². The minimum absolute atomic E-state index is 0.0883. The maximum absolute atomic E-state index is 11.5. The van der Waals surface area contributed by atoms with Gasteiger partial charge in [0.1, 0.15) is 0 Å². The summed E-state index contributed by atoms with van der Waals surface area (Å²) in [5.41, 5.74) is 0.887. The van der Waals surface area contributed by atoms with E-state index in [-0.39, 0.29) is 10.7 Å². The Bertz CT molecular complexity index is 382. The Labute approximate surface area is 108 Å². The van der Waals surface area contributed by atoms with Crippen LogP contribution in [0.2, 0.25) is 0 Å². The Morgan fingerprint density at radius 2 is 2.06 bits per heavy atom. The van der Waals surface area contributed by atoms with Crippen molar-refractivity contribution >= 4 is 23.4 Å². The van der Waals surface area contributed by atoms with Gasteiger partial charge < -0.3 is 5.32 Å². The fourth-order valence-electron chi connectivity index (χ4n) is 1.44. The molecular weight excluding hydrogens is 230 g/mol. The van der Waals surface area contributed by atoms with Crippen LogP contribution in [-0.4, -0.2) is 10.7 Å². The van der Waals surface area contributed by atoms with Crippen molar-refractivity contribution in [3.63, 3.8) is 0 Å². The van der Waals surface area contributed by atoms with Crippen molar-refractivity contribution in [1.29, 1.82) is 0 Å². The third kappa shape index (κ3) is 5.78. The van der Waals surface area contributed by atoms with Gasteiger partial charge in [0, 0.05) is 21.8 Å². The molecule has 0 spiro atoms. The second-order valence-corrected chi connectivity index (χ2v) is 6.94. The predicted molar refractivity (Wildman–Crippen MR) is 75.6 cm³/mol. The molecule has 0 bridgehead atoms. The smallest absolute Gasteiger partial charge is 0.224 e. The highest BCUT2D eigenvalue weighted by Crippen LogP contribution is 2.32. The van der Waals surface area contributed by atoms with Gasteiger partial charge in [-0.2, -0.15) is 0 Å². The lowest BCUT2D eigenvalue weighted by molar-refractivity contribution is -0.116. The standard InChI is InChI=1S/C14H21NOS/c1-5-7-13(16)15-11-8-6-9-12(10-11)17-14(2,3)4/h6,8-10H,5,7H2,1-4H3,(H,15,16). The van der Waals surface area contributed by atoms with Gasteiger partial charge in [-0.3, -0.25) is 4.79 Å². The van der Waals surface area contributed by atoms with Crippen molar-refractivity contribution < 1.29 is 4.79 Å². The van der Waals surface area contributed by atoms with E-state index >= 15 is 0 Å². The zero-order chi connectivity index (χ0) is 12.9. The van der Waals surface area contributed by atoms with Gasteiger partial charge in [0.2, 0.25) is 5.91 Å². The summed E-state index contributed by atoms with van der Waals surface area (Å²) in [6.07, 6.45) is 1.46. The van der Waals surface area contributed by atoms with Gasteiger partial charge in [-0.15, -0.1) is 11.8 Å². The normalized spacial score (nSPS) is 11.3. The number of hydrogen-bond donors (Lipinski definition) is 1. The van der Waals surface area contributed by atoms with Crippen LogP contribution in [0.4, 0.5) is 5.69 Å². The largest absolute Gasteiger partial charge is 0.326 e. The summed E-state index contributed by atoms with van der Waals surface area (Å²) in [4.78, 5) is 12.7. The number of anilines is 1. The number of carbonyl (C=O) groups excluding carboxylic acids is 1. The summed E-state index contributed by atoms with van der Waals surface area (Å²) in [7, 11) is 0. The van der Waals surface area contributed by atoms with Gasteiger partial charge in [0.05, 0.1) is 0 Å². The molecule has 0 aliphatic carbocycles. The van der Waals surface area contributed by atoms with E-state index in [4.69, 9.17) is 0 Å². The Kier molecular flexibility index (Phi) is 5.06. The summed E-state index contributed by atoms with van der Waals surface area (Å²) >= 11 is 1.80. The second kappa shape index (κ2) is 6.10. The first-order valence-corrected chi connectivity index (χ1v) is 6.81. The maximum atomic E-state index is 11.5. The molecule has 3 heteroatoms. The average molecular weight is 251 g/mol. The van der Waals surface area contributed by atoms with Crippen molar-refractivity contribution in [2.45, 2.75) is 50.2 Å². The molecule has 0 saturated carbocycles. The van der Waals surface area contributed by atoms with Crippen molar-refractivity contribution in [2.24, 2.45) is 0 Å². The number of rotatable bonds is 4. The van der Waals surface area contributed by atoms with Gasteiger partial charge in [0.15, 0.2) is 0 Å². The van der Waals surface area contributed by atoms with Crippen molar-refractivity contribution in [3.05, 3.63) is 24.3 Å². The number of hydrogen-bond acceptors (Lipinski definition) is 2. The SMILES string of the molecule is CCCC(=O)Nc1cccc(SC(C)(C)C)c1. The van der Waals surface area contributed by atoms with Crippen LogP contribution in [-0.2, 0) is 4.79 Å². The van der Waals surface area contributed by atoms with Crippen LogP contribution < -0.4 is 5.32 Å². The fraction of sp³-hybridized carbons (Fsp3) is 0.500. The molecule has 0 aliphatic rings. The number of benzene rings is 1. The second-order valence-electron chi connectivity index (χ2n) is 5.04. The van der Waals surface area contributed by atoms with Crippen LogP contribution in [0.5, 0.6) is 0 Å². The lowest BCUT2D eigenvalue weighted by Gasteiger charge is -2.18. The van der Waals surface area contributed by atoms with Gasteiger partial charge >= 0.3 is 0 Å². The number of amides is 1. The van der Waals surface area contributed by atoms with Gasteiger partial charge in [-0.1, -0.05) is 33.8 Å². The molecule has 0 fully saturated rings.